The van der Waals surface area contributed by atoms with Crippen molar-refractivity contribution in [3.8, 4) is 0 Å². The van der Waals surface area contributed by atoms with Crippen LogP contribution >= 0.6 is 11.3 Å². The highest BCUT2D eigenvalue weighted by Gasteiger charge is 2.21. The van der Waals surface area contributed by atoms with E-state index in [0.717, 1.165) is 19.0 Å². The van der Waals surface area contributed by atoms with E-state index in [1.165, 1.54) is 25.8 Å². The second kappa shape index (κ2) is 5.80. The minimum Gasteiger partial charge on any atom is -0.318 e. The fourth-order valence-corrected chi connectivity index (χ4v) is 3.55. The SMILES string of the molecule is CNCCN(C)CC1CCCc2sccc21. The summed E-state index contributed by atoms with van der Waals surface area (Å²) < 4.78 is 0. The number of thiophene rings is 1. The predicted molar refractivity (Wildman–Crippen MR) is 71.4 cm³/mol. The minimum atomic E-state index is 0.775. The molecule has 0 saturated heterocycles. The van der Waals surface area contributed by atoms with Crippen LogP contribution in [-0.4, -0.2) is 38.6 Å². The van der Waals surface area contributed by atoms with Crippen LogP contribution in [0.5, 0.6) is 0 Å². The van der Waals surface area contributed by atoms with E-state index in [-0.39, 0.29) is 0 Å². The molecule has 1 atom stereocenters. The van der Waals surface area contributed by atoms with Crippen LogP contribution in [0.15, 0.2) is 11.4 Å². The normalized spacial score (nSPS) is 20.1. The first-order valence-electron chi connectivity index (χ1n) is 6.20. The summed E-state index contributed by atoms with van der Waals surface area (Å²) in [4.78, 5) is 4.09. The van der Waals surface area contributed by atoms with E-state index in [0.29, 0.717) is 0 Å². The number of likely N-dealkylation sites (N-methyl/N-ethyl adjacent to an activating group) is 2. The molecule has 3 heteroatoms. The van der Waals surface area contributed by atoms with Gasteiger partial charge < -0.3 is 10.2 Å². The smallest absolute Gasteiger partial charge is 0.0104 e. The van der Waals surface area contributed by atoms with Crippen LogP contribution < -0.4 is 5.32 Å². The number of rotatable bonds is 5. The van der Waals surface area contributed by atoms with Gasteiger partial charge in [-0.2, -0.15) is 0 Å². The Balaban J connectivity index is 1.92. The topological polar surface area (TPSA) is 15.3 Å². The van der Waals surface area contributed by atoms with E-state index in [1.807, 2.05) is 18.4 Å². The Morgan fingerprint density at radius 3 is 3.25 bits per heavy atom. The summed E-state index contributed by atoms with van der Waals surface area (Å²) in [6.07, 6.45) is 4.05. The highest BCUT2D eigenvalue weighted by molar-refractivity contribution is 7.10. The molecule has 0 amide bonds. The van der Waals surface area contributed by atoms with Crippen LogP contribution in [0.3, 0.4) is 0 Å². The minimum absolute atomic E-state index is 0.775. The Labute approximate surface area is 103 Å². The van der Waals surface area contributed by atoms with Crippen molar-refractivity contribution in [2.45, 2.75) is 25.2 Å². The Kier molecular flexibility index (Phi) is 4.38. The molecule has 1 aliphatic carbocycles. The fourth-order valence-electron chi connectivity index (χ4n) is 2.54. The van der Waals surface area contributed by atoms with E-state index in [2.05, 4.69) is 28.7 Å². The Morgan fingerprint density at radius 1 is 1.56 bits per heavy atom. The lowest BCUT2D eigenvalue weighted by Crippen LogP contribution is -2.31. The van der Waals surface area contributed by atoms with Crippen molar-refractivity contribution in [2.24, 2.45) is 0 Å². The first-order chi connectivity index (χ1) is 7.81. The van der Waals surface area contributed by atoms with Gasteiger partial charge in [-0.25, -0.2) is 0 Å². The molecule has 2 nitrogen and oxygen atoms in total. The molecule has 0 aliphatic heterocycles. The van der Waals surface area contributed by atoms with Gasteiger partial charge in [0.15, 0.2) is 0 Å². The second-order valence-electron chi connectivity index (χ2n) is 4.75. The lowest BCUT2D eigenvalue weighted by atomic mass is 9.87. The van der Waals surface area contributed by atoms with Crippen LogP contribution in [0.25, 0.3) is 0 Å². The fraction of sp³-hybridized carbons (Fsp3) is 0.692. The lowest BCUT2D eigenvalue weighted by Gasteiger charge is -2.27. The maximum Gasteiger partial charge on any atom is 0.0104 e. The van der Waals surface area contributed by atoms with Crippen molar-refractivity contribution < 1.29 is 0 Å². The van der Waals surface area contributed by atoms with E-state index >= 15 is 0 Å². The molecule has 0 saturated carbocycles. The van der Waals surface area contributed by atoms with Crippen molar-refractivity contribution in [1.29, 1.82) is 0 Å². The summed E-state index contributed by atoms with van der Waals surface area (Å²) in [5.41, 5.74) is 1.63. The molecule has 1 heterocycles. The summed E-state index contributed by atoms with van der Waals surface area (Å²) in [7, 11) is 4.25. The maximum absolute atomic E-state index is 3.21. The van der Waals surface area contributed by atoms with Gasteiger partial charge in [-0.3, -0.25) is 0 Å². The molecule has 1 aromatic rings. The van der Waals surface area contributed by atoms with Gasteiger partial charge >= 0.3 is 0 Å². The van der Waals surface area contributed by atoms with Gasteiger partial charge in [-0.1, -0.05) is 0 Å². The molecule has 2 rings (SSSR count). The summed E-state index contributed by atoms with van der Waals surface area (Å²) in [6.45, 7) is 3.44. The molecule has 16 heavy (non-hydrogen) atoms. The van der Waals surface area contributed by atoms with Gasteiger partial charge in [-0.15, -0.1) is 11.3 Å². The third kappa shape index (κ3) is 2.84. The number of hydrogen-bond acceptors (Lipinski definition) is 3. The summed E-state index contributed by atoms with van der Waals surface area (Å²) in [5.74, 6) is 0.775. The zero-order valence-corrected chi connectivity index (χ0v) is 11.1. The summed E-state index contributed by atoms with van der Waals surface area (Å²) in [6, 6.07) is 2.34. The lowest BCUT2D eigenvalue weighted by molar-refractivity contribution is 0.300. The van der Waals surface area contributed by atoms with Gasteiger partial charge in [0, 0.05) is 24.5 Å². The van der Waals surface area contributed by atoms with E-state index < -0.39 is 0 Å². The molecule has 1 unspecified atom stereocenters. The molecule has 0 radical (unpaired) electrons. The zero-order chi connectivity index (χ0) is 11.4. The van der Waals surface area contributed by atoms with Crippen LogP contribution in [0.1, 0.15) is 29.2 Å². The first-order valence-corrected chi connectivity index (χ1v) is 7.08. The van der Waals surface area contributed by atoms with Crippen LogP contribution in [0, 0.1) is 0 Å². The van der Waals surface area contributed by atoms with E-state index in [1.54, 1.807) is 10.4 Å². The standard InChI is InChI=1S/C13H22N2S/c1-14-7-8-15(2)10-11-4-3-5-13-12(11)6-9-16-13/h6,9,11,14H,3-5,7-8,10H2,1-2H3. The Hall–Kier alpha value is -0.380. The van der Waals surface area contributed by atoms with Crippen molar-refractivity contribution in [3.63, 3.8) is 0 Å². The predicted octanol–water partition coefficient (Wildman–Crippen LogP) is 2.32. The third-order valence-corrected chi connectivity index (χ3v) is 4.45. The molecule has 90 valence electrons. The maximum atomic E-state index is 3.21. The molecule has 1 aliphatic rings. The van der Waals surface area contributed by atoms with Crippen LogP contribution in [0.2, 0.25) is 0 Å². The third-order valence-electron chi connectivity index (χ3n) is 3.45. The van der Waals surface area contributed by atoms with Crippen molar-refractivity contribution in [3.05, 3.63) is 21.9 Å². The second-order valence-corrected chi connectivity index (χ2v) is 5.75. The van der Waals surface area contributed by atoms with Crippen LogP contribution in [-0.2, 0) is 6.42 Å². The summed E-state index contributed by atoms with van der Waals surface area (Å²) in [5, 5.41) is 5.47. The molecule has 0 bridgehead atoms. The Bertz CT molecular complexity index is 321. The molecular weight excluding hydrogens is 216 g/mol. The number of nitrogens with one attached hydrogen (secondary N) is 1. The van der Waals surface area contributed by atoms with Gasteiger partial charge in [0.1, 0.15) is 0 Å². The van der Waals surface area contributed by atoms with Crippen molar-refractivity contribution in [1.82, 2.24) is 10.2 Å². The number of nitrogens with zero attached hydrogens (tertiary/aromatic N) is 1. The molecule has 1 aromatic heterocycles. The van der Waals surface area contributed by atoms with E-state index in [4.69, 9.17) is 0 Å². The number of aryl methyl sites for hydroxylation is 1. The van der Waals surface area contributed by atoms with Gasteiger partial charge in [-0.05, 0) is 56.3 Å². The largest absolute Gasteiger partial charge is 0.318 e. The average Bonchev–Trinajstić information content (AvgIpc) is 2.75. The monoisotopic (exact) mass is 238 g/mol. The van der Waals surface area contributed by atoms with Gasteiger partial charge in [0.2, 0.25) is 0 Å². The number of fused-ring (bicyclic) bond motifs is 1. The highest BCUT2D eigenvalue weighted by atomic mass is 32.1. The highest BCUT2D eigenvalue weighted by Crippen LogP contribution is 2.35. The first kappa shape index (κ1) is 12.1. The molecule has 0 fully saturated rings. The van der Waals surface area contributed by atoms with Gasteiger partial charge in [0.25, 0.3) is 0 Å². The Morgan fingerprint density at radius 2 is 2.44 bits per heavy atom. The molecular formula is C13H22N2S. The van der Waals surface area contributed by atoms with Gasteiger partial charge in [0.05, 0.1) is 0 Å². The van der Waals surface area contributed by atoms with E-state index in [9.17, 15) is 0 Å². The van der Waals surface area contributed by atoms with Crippen LogP contribution in [0.4, 0.5) is 0 Å². The van der Waals surface area contributed by atoms with Crippen molar-refractivity contribution >= 4 is 11.3 Å². The average molecular weight is 238 g/mol. The molecule has 1 N–H and O–H groups in total. The number of hydrogen-bond donors (Lipinski definition) is 1. The molecule has 0 aromatic carbocycles. The molecule has 0 spiro atoms. The van der Waals surface area contributed by atoms with Crippen molar-refractivity contribution in [2.75, 3.05) is 33.7 Å². The quantitative estimate of drug-likeness (QED) is 0.847. The summed E-state index contributed by atoms with van der Waals surface area (Å²) >= 11 is 1.94. The zero-order valence-electron chi connectivity index (χ0n) is 10.3.